The van der Waals surface area contributed by atoms with Crippen LogP contribution in [0.15, 0.2) is 0 Å². The molecule has 0 fully saturated rings. The molecule has 0 aromatic heterocycles. The van der Waals surface area contributed by atoms with Gasteiger partial charge in [-0.25, -0.2) is 0 Å². The molecule has 0 saturated carbocycles. The maximum Gasteiger partial charge on any atom is 0.264 e. The highest BCUT2D eigenvalue weighted by molar-refractivity contribution is 7.85. The third-order valence-electron chi connectivity index (χ3n) is 1.40. The molecular weight excluding hydrogens is 166 g/mol. The monoisotopic (exact) mass is 181 g/mol. The average molecular weight is 181 g/mol. The van der Waals surface area contributed by atoms with Gasteiger partial charge in [0.2, 0.25) is 0 Å². The molecule has 1 unspecified atom stereocenters. The van der Waals surface area contributed by atoms with Crippen LogP contribution in [0.5, 0.6) is 0 Å². The lowest BCUT2D eigenvalue weighted by Gasteiger charge is -2.18. The molecule has 0 aromatic carbocycles. The fourth-order valence-corrected chi connectivity index (χ4v) is 0.815. The Balaban J connectivity index is 3.72. The van der Waals surface area contributed by atoms with Crippen molar-refractivity contribution in [1.82, 2.24) is 4.90 Å². The lowest BCUT2D eigenvalue weighted by Crippen LogP contribution is -2.30. The molecule has 0 saturated heterocycles. The van der Waals surface area contributed by atoms with Gasteiger partial charge >= 0.3 is 0 Å². The summed E-state index contributed by atoms with van der Waals surface area (Å²) in [6.45, 7) is 2.11. The molecule has 5 heteroatoms. The molecule has 0 heterocycles. The lowest BCUT2D eigenvalue weighted by molar-refractivity contribution is 0.204. The van der Waals surface area contributed by atoms with Gasteiger partial charge < -0.3 is 4.90 Å². The van der Waals surface area contributed by atoms with Crippen LogP contribution in [0.1, 0.15) is 6.92 Å². The van der Waals surface area contributed by atoms with E-state index in [1.54, 1.807) is 0 Å². The Bertz CT molecular complexity index is 198. The van der Waals surface area contributed by atoms with Crippen molar-refractivity contribution in [3.8, 4) is 0 Å². The maximum atomic E-state index is 10.5. The maximum absolute atomic E-state index is 10.5. The van der Waals surface area contributed by atoms with Crippen molar-refractivity contribution in [3.05, 3.63) is 0 Å². The normalized spacial score (nSPS) is 15.4. The van der Waals surface area contributed by atoms with Gasteiger partial charge in [-0.05, 0) is 21.0 Å². The van der Waals surface area contributed by atoms with Crippen LogP contribution < -0.4 is 0 Å². The Morgan fingerprint density at radius 1 is 1.45 bits per heavy atom. The van der Waals surface area contributed by atoms with Crippen molar-refractivity contribution in [1.29, 1.82) is 0 Å². The zero-order valence-corrected chi connectivity index (χ0v) is 8.18. The van der Waals surface area contributed by atoms with E-state index in [-0.39, 0.29) is 12.6 Å². The number of nitrogens with zero attached hydrogens (tertiary/aromatic N) is 1. The SMILES string of the molecule is CC(COS(C)(=O)=O)N(C)C. The van der Waals surface area contributed by atoms with Gasteiger partial charge in [-0.1, -0.05) is 0 Å². The molecule has 0 radical (unpaired) electrons. The molecule has 0 aliphatic carbocycles. The van der Waals surface area contributed by atoms with Crippen LogP contribution >= 0.6 is 0 Å². The van der Waals surface area contributed by atoms with Crippen LogP contribution in [-0.4, -0.2) is 46.3 Å². The Morgan fingerprint density at radius 3 is 2.18 bits per heavy atom. The summed E-state index contributed by atoms with van der Waals surface area (Å²) in [5.41, 5.74) is 0. The van der Waals surface area contributed by atoms with E-state index in [9.17, 15) is 8.42 Å². The van der Waals surface area contributed by atoms with Gasteiger partial charge in [0, 0.05) is 6.04 Å². The summed E-state index contributed by atoms with van der Waals surface area (Å²) in [6, 6.07) is 0.115. The van der Waals surface area contributed by atoms with Crippen molar-refractivity contribution in [3.63, 3.8) is 0 Å². The van der Waals surface area contributed by atoms with E-state index in [0.29, 0.717) is 0 Å². The van der Waals surface area contributed by atoms with Crippen LogP contribution in [0.3, 0.4) is 0 Å². The first-order chi connectivity index (χ1) is 4.83. The first kappa shape index (κ1) is 10.9. The molecule has 0 bridgehead atoms. The number of hydrogen-bond donors (Lipinski definition) is 0. The van der Waals surface area contributed by atoms with E-state index in [4.69, 9.17) is 0 Å². The highest BCUT2D eigenvalue weighted by atomic mass is 32.2. The predicted molar refractivity (Wildman–Crippen MR) is 43.9 cm³/mol. The molecule has 0 amide bonds. The number of rotatable bonds is 4. The highest BCUT2D eigenvalue weighted by Gasteiger charge is 2.08. The summed E-state index contributed by atoms with van der Waals surface area (Å²) in [6.07, 6.45) is 1.05. The quantitative estimate of drug-likeness (QED) is 0.569. The molecule has 0 aromatic rings. The second kappa shape index (κ2) is 4.04. The second-order valence-electron chi connectivity index (χ2n) is 2.80. The minimum atomic E-state index is -3.28. The summed E-state index contributed by atoms with van der Waals surface area (Å²) >= 11 is 0. The molecule has 1 atom stereocenters. The second-order valence-corrected chi connectivity index (χ2v) is 4.45. The smallest absolute Gasteiger partial charge is 0.264 e. The van der Waals surface area contributed by atoms with E-state index in [1.807, 2.05) is 25.9 Å². The number of hydrogen-bond acceptors (Lipinski definition) is 4. The van der Waals surface area contributed by atoms with Gasteiger partial charge in [-0.2, -0.15) is 8.42 Å². The van der Waals surface area contributed by atoms with E-state index in [1.165, 1.54) is 0 Å². The fraction of sp³-hybridized carbons (Fsp3) is 1.00. The van der Waals surface area contributed by atoms with Crippen LogP contribution in [0.4, 0.5) is 0 Å². The van der Waals surface area contributed by atoms with Crippen LogP contribution in [0, 0.1) is 0 Å². The van der Waals surface area contributed by atoms with Crippen LogP contribution in [0.25, 0.3) is 0 Å². The Labute approximate surface area is 68.3 Å². The molecule has 0 aliphatic heterocycles. The first-order valence-corrected chi connectivity index (χ1v) is 5.15. The highest BCUT2D eigenvalue weighted by Crippen LogP contribution is 1.95. The molecule has 11 heavy (non-hydrogen) atoms. The Hall–Kier alpha value is -0.130. The summed E-state index contributed by atoms with van der Waals surface area (Å²) < 4.78 is 25.6. The predicted octanol–water partition coefficient (Wildman–Crippen LogP) is -0.0873. The van der Waals surface area contributed by atoms with E-state index >= 15 is 0 Å². The molecule has 0 spiro atoms. The third kappa shape index (κ3) is 6.28. The molecule has 0 N–H and O–H groups in total. The Morgan fingerprint density at radius 2 is 1.91 bits per heavy atom. The van der Waals surface area contributed by atoms with Gasteiger partial charge in [0.1, 0.15) is 0 Å². The fourth-order valence-electron chi connectivity index (χ4n) is 0.371. The molecular formula is C6H15NO3S. The summed E-state index contributed by atoms with van der Waals surface area (Å²) in [5.74, 6) is 0. The van der Waals surface area contributed by atoms with Crippen molar-refractivity contribution in [2.45, 2.75) is 13.0 Å². The van der Waals surface area contributed by atoms with E-state index in [0.717, 1.165) is 6.26 Å². The zero-order valence-electron chi connectivity index (χ0n) is 7.36. The summed E-state index contributed by atoms with van der Waals surface area (Å²) in [4.78, 5) is 1.89. The standard InChI is InChI=1S/C6H15NO3S/c1-6(7(2)3)5-10-11(4,8)9/h6H,5H2,1-4H3. The Kier molecular flexibility index (Phi) is 3.99. The third-order valence-corrected chi connectivity index (χ3v) is 1.97. The average Bonchev–Trinajstić information content (AvgIpc) is 1.80. The van der Waals surface area contributed by atoms with Crippen LogP contribution in [-0.2, 0) is 14.3 Å². The molecule has 0 rings (SSSR count). The van der Waals surface area contributed by atoms with E-state index < -0.39 is 10.1 Å². The molecule has 0 aliphatic rings. The van der Waals surface area contributed by atoms with Gasteiger partial charge in [0.25, 0.3) is 10.1 Å². The van der Waals surface area contributed by atoms with Gasteiger partial charge in [-0.3, -0.25) is 4.18 Å². The van der Waals surface area contributed by atoms with Gasteiger partial charge in [-0.15, -0.1) is 0 Å². The lowest BCUT2D eigenvalue weighted by atomic mass is 10.3. The van der Waals surface area contributed by atoms with Gasteiger partial charge in [0.05, 0.1) is 12.9 Å². The summed E-state index contributed by atoms with van der Waals surface area (Å²) in [5, 5.41) is 0. The van der Waals surface area contributed by atoms with E-state index in [2.05, 4.69) is 4.18 Å². The topological polar surface area (TPSA) is 46.6 Å². The molecule has 68 valence electrons. The van der Waals surface area contributed by atoms with Crippen molar-refractivity contribution in [2.75, 3.05) is 27.0 Å². The van der Waals surface area contributed by atoms with Gasteiger partial charge in [0.15, 0.2) is 0 Å². The largest absolute Gasteiger partial charge is 0.304 e. The first-order valence-electron chi connectivity index (χ1n) is 3.34. The summed E-state index contributed by atoms with van der Waals surface area (Å²) in [7, 11) is 0.463. The zero-order chi connectivity index (χ0) is 9.07. The van der Waals surface area contributed by atoms with Crippen molar-refractivity contribution in [2.24, 2.45) is 0 Å². The molecule has 4 nitrogen and oxygen atoms in total. The van der Waals surface area contributed by atoms with Crippen molar-refractivity contribution < 1.29 is 12.6 Å². The minimum Gasteiger partial charge on any atom is -0.304 e. The van der Waals surface area contributed by atoms with Crippen LogP contribution in [0.2, 0.25) is 0 Å². The minimum absolute atomic E-state index is 0.115. The van der Waals surface area contributed by atoms with Crippen molar-refractivity contribution >= 4 is 10.1 Å². The number of likely N-dealkylation sites (N-methyl/N-ethyl adjacent to an activating group) is 1.